The van der Waals surface area contributed by atoms with E-state index in [0.29, 0.717) is 12.0 Å². The maximum Gasteiger partial charge on any atom is 0.197 e. The van der Waals surface area contributed by atoms with E-state index in [1.54, 1.807) is 0 Å². The Kier molecular flexibility index (Phi) is 1.87. The Morgan fingerprint density at radius 1 is 1.36 bits per heavy atom. The molecule has 1 unspecified atom stereocenters. The molecule has 1 atom stereocenters. The second-order valence-electron chi connectivity index (χ2n) is 4.45. The molecule has 76 valence electrons. The fourth-order valence-corrected chi connectivity index (χ4v) is 2.54. The first-order chi connectivity index (χ1) is 6.84. The zero-order valence-corrected chi connectivity index (χ0v) is 8.55. The number of oxazole rings is 1. The van der Waals surface area contributed by atoms with E-state index in [-0.39, 0.29) is 0 Å². The predicted molar refractivity (Wildman–Crippen MR) is 53.0 cm³/mol. The lowest BCUT2D eigenvalue weighted by Crippen LogP contribution is -2.08. The Balaban J connectivity index is 1.90. The van der Waals surface area contributed by atoms with E-state index in [2.05, 4.69) is 17.2 Å². The lowest BCUT2D eigenvalue weighted by atomic mass is 10.1. The van der Waals surface area contributed by atoms with Gasteiger partial charge in [-0.05, 0) is 19.8 Å². The number of aromatic nitrogens is 1. The van der Waals surface area contributed by atoms with Crippen molar-refractivity contribution in [2.45, 2.75) is 51.1 Å². The van der Waals surface area contributed by atoms with Crippen LogP contribution in [0.15, 0.2) is 4.42 Å². The van der Waals surface area contributed by atoms with Crippen molar-refractivity contribution in [1.29, 1.82) is 0 Å². The number of hydrogen-bond donors (Lipinski definition) is 1. The largest absolute Gasteiger partial charge is 0.443 e. The van der Waals surface area contributed by atoms with Crippen molar-refractivity contribution in [2.75, 3.05) is 0 Å². The molecule has 3 heteroatoms. The number of fused-ring (bicyclic) bond motifs is 1. The predicted octanol–water partition coefficient (Wildman–Crippen LogP) is 2.50. The van der Waals surface area contributed by atoms with E-state index in [0.717, 1.165) is 23.9 Å². The standard InChI is InChI=1S/C11H16N2O/c1-7-10-9(6-12-7)13-11(14-10)8-4-2-3-5-8/h7-8,12H,2-6H2,1H3. The number of nitrogens with one attached hydrogen (secondary N) is 1. The molecule has 1 saturated carbocycles. The van der Waals surface area contributed by atoms with Gasteiger partial charge in [-0.2, -0.15) is 0 Å². The van der Waals surface area contributed by atoms with Gasteiger partial charge in [-0.15, -0.1) is 0 Å². The molecule has 0 amide bonds. The average molecular weight is 192 g/mol. The molecule has 14 heavy (non-hydrogen) atoms. The number of rotatable bonds is 1. The molecule has 0 radical (unpaired) electrons. The van der Waals surface area contributed by atoms with Gasteiger partial charge in [0, 0.05) is 12.5 Å². The second-order valence-corrected chi connectivity index (χ2v) is 4.45. The van der Waals surface area contributed by atoms with Gasteiger partial charge in [0.25, 0.3) is 0 Å². The Hall–Kier alpha value is -0.830. The Morgan fingerprint density at radius 2 is 2.14 bits per heavy atom. The van der Waals surface area contributed by atoms with Crippen LogP contribution in [0.2, 0.25) is 0 Å². The summed E-state index contributed by atoms with van der Waals surface area (Å²) >= 11 is 0. The van der Waals surface area contributed by atoms with Gasteiger partial charge in [0.2, 0.25) is 0 Å². The molecule has 0 saturated heterocycles. The summed E-state index contributed by atoms with van der Waals surface area (Å²) in [7, 11) is 0. The first kappa shape index (κ1) is 8.48. The summed E-state index contributed by atoms with van der Waals surface area (Å²) in [6, 6.07) is 0.354. The smallest absolute Gasteiger partial charge is 0.197 e. The van der Waals surface area contributed by atoms with Crippen LogP contribution >= 0.6 is 0 Å². The van der Waals surface area contributed by atoms with Crippen LogP contribution < -0.4 is 5.32 Å². The molecule has 2 heterocycles. The highest BCUT2D eigenvalue weighted by molar-refractivity contribution is 5.19. The van der Waals surface area contributed by atoms with E-state index < -0.39 is 0 Å². The Labute approximate surface area is 83.9 Å². The third-order valence-electron chi connectivity index (χ3n) is 3.42. The molecule has 1 N–H and O–H groups in total. The molecule has 0 spiro atoms. The van der Waals surface area contributed by atoms with Gasteiger partial charge in [-0.25, -0.2) is 4.98 Å². The van der Waals surface area contributed by atoms with E-state index in [9.17, 15) is 0 Å². The molecular weight excluding hydrogens is 176 g/mol. The SMILES string of the molecule is CC1NCc2nc(C3CCCC3)oc21. The van der Waals surface area contributed by atoms with Crippen LogP contribution in [-0.2, 0) is 6.54 Å². The summed E-state index contributed by atoms with van der Waals surface area (Å²) in [6.07, 6.45) is 5.21. The summed E-state index contributed by atoms with van der Waals surface area (Å²) in [6.45, 7) is 3.02. The topological polar surface area (TPSA) is 38.1 Å². The Morgan fingerprint density at radius 3 is 2.86 bits per heavy atom. The summed E-state index contributed by atoms with van der Waals surface area (Å²) in [5.41, 5.74) is 1.14. The van der Waals surface area contributed by atoms with Crippen molar-refractivity contribution in [3.8, 4) is 0 Å². The van der Waals surface area contributed by atoms with Crippen molar-refractivity contribution < 1.29 is 4.42 Å². The van der Waals surface area contributed by atoms with Gasteiger partial charge < -0.3 is 9.73 Å². The number of hydrogen-bond acceptors (Lipinski definition) is 3. The van der Waals surface area contributed by atoms with Gasteiger partial charge in [-0.3, -0.25) is 0 Å². The molecule has 1 aliphatic heterocycles. The lowest BCUT2D eigenvalue weighted by Gasteiger charge is -2.04. The fourth-order valence-electron chi connectivity index (χ4n) is 2.54. The quantitative estimate of drug-likeness (QED) is 0.743. The molecule has 0 aromatic carbocycles. The van der Waals surface area contributed by atoms with Crippen molar-refractivity contribution >= 4 is 0 Å². The first-order valence-corrected chi connectivity index (χ1v) is 5.57. The minimum absolute atomic E-state index is 0.354. The van der Waals surface area contributed by atoms with Crippen LogP contribution in [0, 0.1) is 0 Å². The molecule has 0 bridgehead atoms. The maximum atomic E-state index is 5.85. The maximum absolute atomic E-state index is 5.85. The van der Waals surface area contributed by atoms with Gasteiger partial charge >= 0.3 is 0 Å². The average Bonchev–Trinajstić information content (AvgIpc) is 2.83. The zero-order valence-electron chi connectivity index (χ0n) is 8.55. The van der Waals surface area contributed by atoms with Crippen LogP contribution in [0.1, 0.15) is 61.9 Å². The number of nitrogens with zero attached hydrogens (tertiary/aromatic N) is 1. The molecule has 3 rings (SSSR count). The monoisotopic (exact) mass is 192 g/mol. The summed E-state index contributed by atoms with van der Waals surface area (Å²) in [5, 5.41) is 3.33. The highest BCUT2D eigenvalue weighted by Gasteiger charge is 2.29. The molecule has 3 nitrogen and oxygen atoms in total. The van der Waals surface area contributed by atoms with Gasteiger partial charge in [0.15, 0.2) is 5.89 Å². The van der Waals surface area contributed by atoms with E-state index in [1.165, 1.54) is 25.7 Å². The first-order valence-electron chi connectivity index (χ1n) is 5.57. The lowest BCUT2D eigenvalue weighted by molar-refractivity contribution is 0.392. The normalized spacial score (nSPS) is 27.1. The van der Waals surface area contributed by atoms with Crippen molar-refractivity contribution in [2.24, 2.45) is 0 Å². The summed E-state index contributed by atoms with van der Waals surface area (Å²) in [5.74, 6) is 2.68. The third kappa shape index (κ3) is 1.19. The molecule has 1 aliphatic carbocycles. The molecule has 1 aromatic heterocycles. The van der Waals surface area contributed by atoms with E-state index in [4.69, 9.17) is 4.42 Å². The summed E-state index contributed by atoms with van der Waals surface area (Å²) < 4.78 is 5.85. The zero-order chi connectivity index (χ0) is 9.54. The molecule has 1 fully saturated rings. The van der Waals surface area contributed by atoms with E-state index in [1.807, 2.05) is 0 Å². The second kappa shape index (κ2) is 3.09. The third-order valence-corrected chi connectivity index (χ3v) is 3.42. The van der Waals surface area contributed by atoms with Crippen molar-refractivity contribution in [3.63, 3.8) is 0 Å². The van der Waals surface area contributed by atoms with Gasteiger partial charge in [-0.1, -0.05) is 12.8 Å². The molecular formula is C11H16N2O. The van der Waals surface area contributed by atoms with Crippen LogP contribution in [0.25, 0.3) is 0 Å². The van der Waals surface area contributed by atoms with E-state index >= 15 is 0 Å². The van der Waals surface area contributed by atoms with Crippen LogP contribution in [0.3, 0.4) is 0 Å². The van der Waals surface area contributed by atoms with Crippen molar-refractivity contribution in [1.82, 2.24) is 10.3 Å². The van der Waals surface area contributed by atoms with Crippen molar-refractivity contribution in [3.05, 3.63) is 17.3 Å². The van der Waals surface area contributed by atoms with Crippen LogP contribution in [0.4, 0.5) is 0 Å². The van der Waals surface area contributed by atoms with Crippen LogP contribution in [-0.4, -0.2) is 4.98 Å². The van der Waals surface area contributed by atoms with Gasteiger partial charge in [0.05, 0.1) is 11.7 Å². The highest BCUT2D eigenvalue weighted by atomic mass is 16.4. The molecule has 2 aliphatic rings. The minimum Gasteiger partial charge on any atom is -0.443 e. The minimum atomic E-state index is 0.354. The molecule has 1 aromatic rings. The van der Waals surface area contributed by atoms with Gasteiger partial charge in [0.1, 0.15) is 5.76 Å². The summed E-state index contributed by atoms with van der Waals surface area (Å²) in [4.78, 5) is 4.59. The Bertz CT molecular complexity index is 339. The van der Waals surface area contributed by atoms with Crippen LogP contribution in [0.5, 0.6) is 0 Å². The fraction of sp³-hybridized carbons (Fsp3) is 0.727. The highest BCUT2D eigenvalue weighted by Crippen LogP contribution is 2.36.